The SMILES string of the molecule is CC(C)CCCNC(=O)CSc1ccc(F)cc1. The Balaban J connectivity index is 2.15. The maximum atomic E-state index is 12.7. The van der Waals surface area contributed by atoms with E-state index in [0.717, 1.165) is 24.3 Å². The summed E-state index contributed by atoms with van der Waals surface area (Å²) in [5, 5.41) is 2.89. The lowest BCUT2D eigenvalue weighted by Crippen LogP contribution is -2.26. The monoisotopic (exact) mass is 269 g/mol. The molecule has 2 nitrogen and oxygen atoms in total. The Kier molecular flexibility index (Phi) is 6.80. The molecule has 0 saturated carbocycles. The number of halogens is 1. The van der Waals surface area contributed by atoms with Gasteiger partial charge in [0.15, 0.2) is 0 Å². The standard InChI is InChI=1S/C14H20FNOS/c1-11(2)4-3-9-16-14(17)10-18-13-7-5-12(15)6-8-13/h5-8,11H,3-4,9-10H2,1-2H3,(H,16,17). The lowest BCUT2D eigenvalue weighted by molar-refractivity contribution is -0.118. The molecule has 4 heteroatoms. The van der Waals surface area contributed by atoms with Crippen LogP contribution in [0, 0.1) is 11.7 Å². The number of carbonyl (C=O) groups excluding carboxylic acids is 1. The van der Waals surface area contributed by atoms with Gasteiger partial charge in [0.1, 0.15) is 5.82 Å². The Hall–Kier alpha value is -1.03. The second-order valence-corrected chi connectivity index (χ2v) is 5.68. The molecular formula is C14H20FNOS. The molecule has 0 aliphatic heterocycles. The van der Waals surface area contributed by atoms with E-state index in [1.165, 1.54) is 23.9 Å². The predicted molar refractivity (Wildman–Crippen MR) is 74.2 cm³/mol. The minimum Gasteiger partial charge on any atom is -0.355 e. The lowest BCUT2D eigenvalue weighted by atomic mass is 10.1. The molecule has 0 aliphatic rings. The molecule has 0 saturated heterocycles. The number of nitrogens with one attached hydrogen (secondary N) is 1. The molecule has 0 aromatic heterocycles. The smallest absolute Gasteiger partial charge is 0.230 e. The highest BCUT2D eigenvalue weighted by molar-refractivity contribution is 8.00. The molecule has 0 atom stereocenters. The number of amides is 1. The summed E-state index contributed by atoms with van der Waals surface area (Å²) in [6.45, 7) is 5.08. The van der Waals surface area contributed by atoms with E-state index in [-0.39, 0.29) is 11.7 Å². The van der Waals surface area contributed by atoms with Crippen LogP contribution < -0.4 is 5.32 Å². The van der Waals surface area contributed by atoms with E-state index in [9.17, 15) is 9.18 Å². The fourth-order valence-corrected chi connectivity index (χ4v) is 2.20. The summed E-state index contributed by atoms with van der Waals surface area (Å²) in [7, 11) is 0. The normalized spacial score (nSPS) is 10.7. The zero-order valence-corrected chi connectivity index (χ0v) is 11.7. The summed E-state index contributed by atoms with van der Waals surface area (Å²) in [4.78, 5) is 12.4. The first-order chi connectivity index (χ1) is 8.58. The van der Waals surface area contributed by atoms with E-state index in [0.29, 0.717) is 11.7 Å². The Labute approximate surface area is 112 Å². The largest absolute Gasteiger partial charge is 0.355 e. The van der Waals surface area contributed by atoms with Crippen LogP contribution in [0.1, 0.15) is 26.7 Å². The molecule has 1 aromatic carbocycles. The third-order valence-corrected chi connectivity index (χ3v) is 3.48. The Morgan fingerprint density at radius 2 is 2.00 bits per heavy atom. The highest BCUT2D eigenvalue weighted by Crippen LogP contribution is 2.17. The number of rotatable bonds is 7. The highest BCUT2D eigenvalue weighted by Gasteiger charge is 2.02. The minimum absolute atomic E-state index is 0.0353. The van der Waals surface area contributed by atoms with Gasteiger partial charge >= 0.3 is 0 Å². The zero-order chi connectivity index (χ0) is 13.4. The van der Waals surface area contributed by atoms with Gasteiger partial charge in [0.05, 0.1) is 5.75 Å². The van der Waals surface area contributed by atoms with E-state index in [4.69, 9.17) is 0 Å². The molecule has 1 aromatic rings. The highest BCUT2D eigenvalue weighted by atomic mass is 32.2. The third-order valence-electron chi connectivity index (χ3n) is 2.46. The van der Waals surface area contributed by atoms with Crippen LogP contribution in [0.15, 0.2) is 29.2 Å². The molecule has 1 amide bonds. The van der Waals surface area contributed by atoms with Crippen molar-refractivity contribution in [2.24, 2.45) is 5.92 Å². The fourth-order valence-electron chi connectivity index (χ4n) is 1.47. The minimum atomic E-state index is -0.252. The van der Waals surface area contributed by atoms with Gasteiger partial charge in [0.2, 0.25) is 5.91 Å². The number of carbonyl (C=O) groups is 1. The maximum Gasteiger partial charge on any atom is 0.230 e. The average Bonchev–Trinajstić information content (AvgIpc) is 2.34. The van der Waals surface area contributed by atoms with Gasteiger partial charge < -0.3 is 5.32 Å². The van der Waals surface area contributed by atoms with Crippen molar-refractivity contribution in [1.29, 1.82) is 0 Å². The third kappa shape index (κ3) is 6.64. The van der Waals surface area contributed by atoms with E-state index in [2.05, 4.69) is 19.2 Å². The quantitative estimate of drug-likeness (QED) is 0.606. The summed E-state index contributed by atoms with van der Waals surface area (Å²) in [6, 6.07) is 6.18. The van der Waals surface area contributed by atoms with Crippen molar-refractivity contribution in [3.63, 3.8) is 0 Å². The van der Waals surface area contributed by atoms with Crippen LogP contribution in [0.3, 0.4) is 0 Å². The van der Waals surface area contributed by atoms with Crippen LogP contribution in [0.25, 0.3) is 0 Å². The molecule has 100 valence electrons. The predicted octanol–water partition coefficient (Wildman–Crippen LogP) is 3.47. The van der Waals surface area contributed by atoms with Gasteiger partial charge in [0.25, 0.3) is 0 Å². The van der Waals surface area contributed by atoms with Crippen molar-refractivity contribution in [2.45, 2.75) is 31.6 Å². The molecule has 0 radical (unpaired) electrons. The summed E-state index contributed by atoms with van der Waals surface area (Å²) in [5.41, 5.74) is 0. The molecule has 0 bridgehead atoms. The van der Waals surface area contributed by atoms with Crippen LogP contribution in [-0.4, -0.2) is 18.2 Å². The van der Waals surface area contributed by atoms with Crippen LogP contribution in [0.5, 0.6) is 0 Å². The van der Waals surface area contributed by atoms with Crippen molar-refractivity contribution in [3.05, 3.63) is 30.1 Å². The maximum absolute atomic E-state index is 12.7. The second kappa shape index (κ2) is 8.14. The van der Waals surface area contributed by atoms with Crippen molar-refractivity contribution >= 4 is 17.7 Å². The Morgan fingerprint density at radius 1 is 1.33 bits per heavy atom. The number of hydrogen-bond acceptors (Lipinski definition) is 2. The first-order valence-corrected chi connectivity index (χ1v) is 7.21. The molecule has 18 heavy (non-hydrogen) atoms. The summed E-state index contributed by atoms with van der Waals surface area (Å²) in [5.74, 6) is 0.842. The summed E-state index contributed by atoms with van der Waals surface area (Å²) >= 11 is 1.42. The molecule has 0 spiro atoms. The molecule has 0 aliphatic carbocycles. The molecule has 0 unspecified atom stereocenters. The van der Waals surface area contributed by atoms with Crippen LogP contribution in [0.2, 0.25) is 0 Å². The van der Waals surface area contributed by atoms with Crippen molar-refractivity contribution < 1.29 is 9.18 Å². The van der Waals surface area contributed by atoms with E-state index in [1.54, 1.807) is 12.1 Å². The van der Waals surface area contributed by atoms with Gasteiger partial charge in [-0.25, -0.2) is 4.39 Å². The summed E-state index contributed by atoms with van der Waals surface area (Å²) < 4.78 is 12.7. The average molecular weight is 269 g/mol. The van der Waals surface area contributed by atoms with E-state index < -0.39 is 0 Å². The molecule has 1 N–H and O–H groups in total. The number of thioether (sulfide) groups is 1. The van der Waals surface area contributed by atoms with E-state index >= 15 is 0 Å². The Bertz CT molecular complexity index is 365. The first-order valence-electron chi connectivity index (χ1n) is 6.23. The molecule has 1 rings (SSSR count). The zero-order valence-electron chi connectivity index (χ0n) is 10.9. The van der Waals surface area contributed by atoms with Crippen molar-refractivity contribution in [2.75, 3.05) is 12.3 Å². The van der Waals surface area contributed by atoms with Gasteiger partial charge in [-0.05, 0) is 43.0 Å². The number of benzene rings is 1. The van der Waals surface area contributed by atoms with Gasteiger partial charge in [-0.1, -0.05) is 13.8 Å². The van der Waals surface area contributed by atoms with E-state index in [1.807, 2.05) is 0 Å². The van der Waals surface area contributed by atoms with Gasteiger partial charge in [-0.3, -0.25) is 4.79 Å². The fraction of sp³-hybridized carbons (Fsp3) is 0.500. The first kappa shape index (κ1) is 15.0. The van der Waals surface area contributed by atoms with Gasteiger partial charge in [-0.15, -0.1) is 11.8 Å². The van der Waals surface area contributed by atoms with Crippen LogP contribution in [0.4, 0.5) is 4.39 Å². The Morgan fingerprint density at radius 3 is 2.61 bits per heavy atom. The van der Waals surface area contributed by atoms with Crippen LogP contribution in [-0.2, 0) is 4.79 Å². The topological polar surface area (TPSA) is 29.1 Å². The number of hydrogen-bond donors (Lipinski definition) is 1. The molecular weight excluding hydrogens is 249 g/mol. The lowest BCUT2D eigenvalue weighted by Gasteiger charge is -2.06. The summed E-state index contributed by atoms with van der Waals surface area (Å²) in [6.07, 6.45) is 2.15. The van der Waals surface area contributed by atoms with Gasteiger partial charge in [0, 0.05) is 11.4 Å². The van der Waals surface area contributed by atoms with Crippen molar-refractivity contribution in [1.82, 2.24) is 5.32 Å². The second-order valence-electron chi connectivity index (χ2n) is 4.63. The van der Waals surface area contributed by atoms with Crippen LogP contribution >= 0.6 is 11.8 Å². The van der Waals surface area contributed by atoms with Crippen molar-refractivity contribution in [3.8, 4) is 0 Å². The molecule has 0 heterocycles. The van der Waals surface area contributed by atoms with Gasteiger partial charge in [-0.2, -0.15) is 0 Å². The molecule has 0 fully saturated rings.